The number of aryl methyl sites for hydroxylation is 1. The molecule has 0 saturated carbocycles. The molecule has 0 radical (unpaired) electrons. The van der Waals surface area contributed by atoms with Crippen LogP contribution in [-0.4, -0.2) is 65.6 Å². The largest absolute Gasteiger partial charge is 0.388 e. The van der Waals surface area contributed by atoms with E-state index in [0.29, 0.717) is 0 Å². The molecule has 5 atom stereocenters. The van der Waals surface area contributed by atoms with E-state index in [-0.39, 0.29) is 12.5 Å². The van der Waals surface area contributed by atoms with Crippen LogP contribution in [0.2, 0.25) is 0 Å². The average Bonchev–Trinajstić information content (AvgIpc) is 2.58. The predicted molar refractivity (Wildman–Crippen MR) is 86.9 cm³/mol. The maximum absolute atomic E-state index is 11.9. The Balaban J connectivity index is 1.87. The van der Waals surface area contributed by atoms with Gasteiger partial charge < -0.3 is 30.1 Å². The van der Waals surface area contributed by atoms with Crippen molar-refractivity contribution in [3.05, 3.63) is 41.5 Å². The SMILES string of the molecule is CO[C@H]1O[C@H](CNC(=O)/C=C/c2ccc(C)cc2)[C@@H](O)[C@H](O)[C@@H]1O. The maximum atomic E-state index is 11.9. The Morgan fingerprint density at radius 2 is 1.88 bits per heavy atom. The maximum Gasteiger partial charge on any atom is 0.244 e. The van der Waals surface area contributed by atoms with E-state index in [9.17, 15) is 20.1 Å². The van der Waals surface area contributed by atoms with Gasteiger partial charge in [-0.2, -0.15) is 0 Å². The smallest absolute Gasteiger partial charge is 0.244 e. The molecule has 7 heteroatoms. The molecule has 7 nitrogen and oxygen atoms in total. The first kappa shape index (κ1) is 18.6. The molecule has 1 aliphatic heterocycles. The van der Waals surface area contributed by atoms with Crippen LogP contribution in [0.3, 0.4) is 0 Å². The molecule has 0 bridgehead atoms. The Kier molecular flexibility index (Phi) is 6.47. The summed E-state index contributed by atoms with van der Waals surface area (Å²) in [6, 6.07) is 7.69. The van der Waals surface area contributed by atoms with Gasteiger partial charge in [0, 0.05) is 19.7 Å². The molecular weight excluding hydrogens is 314 g/mol. The third-order valence-electron chi connectivity index (χ3n) is 3.88. The highest BCUT2D eigenvalue weighted by atomic mass is 16.7. The summed E-state index contributed by atoms with van der Waals surface area (Å²) >= 11 is 0. The molecule has 4 N–H and O–H groups in total. The quantitative estimate of drug-likeness (QED) is 0.544. The van der Waals surface area contributed by atoms with E-state index >= 15 is 0 Å². The van der Waals surface area contributed by atoms with Crippen LogP contribution in [0, 0.1) is 6.92 Å². The van der Waals surface area contributed by atoms with Gasteiger partial charge in [-0.25, -0.2) is 0 Å². The van der Waals surface area contributed by atoms with Crippen molar-refractivity contribution >= 4 is 12.0 Å². The summed E-state index contributed by atoms with van der Waals surface area (Å²) in [4.78, 5) is 11.9. The third-order valence-corrected chi connectivity index (χ3v) is 3.88. The molecule has 1 heterocycles. The van der Waals surface area contributed by atoms with E-state index in [1.165, 1.54) is 13.2 Å². The fourth-order valence-corrected chi connectivity index (χ4v) is 2.39. The van der Waals surface area contributed by atoms with Crippen LogP contribution in [0.5, 0.6) is 0 Å². The number of amides is 1. The van der Waals surface area contributed by atoms with Gasteiger partial charge in [-0.1, -0.05) is 29.8 Å². The van der Waals surface area contributed by atoms with Gasteiger partial charge in [-0.05, 0) is 18.6 Å². The van der Waals surface area contributed by atoms with Crippen molar-refractivity contribution in [3.8, 4) is 0 Å². The number of carbonyl (C=O) groups excluding carboxylic acids is 1. The van der Waals surface area contributed by atoms with Gasteiger partial charge in [-0.15, -0.1) is 0 Å². The molecule has 0 aliphatic carbocycles. The Bertz CT molecular complexity index is 571. The summed E-state index contributed by atoms with van der Waals surface area (Å²) < 4.78 is 10.2. The number of aliphatic hydroxyl groups is 3. The third kappa shape index (κ3) is 4.62. The fourth-order valence-electron chi connectivity index (χ4n) is 2.39. The molecule has 0 spiro atoms. The minimum Gasteiger partial charge on any atom is -0.388 e. The van der Waals surface area contributed by atoms with Gasteiger partial charge >= 0.3 is 0 Å². The highest BCUT2D eigenvalue weighted by Crippen LogP contribution is 2.21. The van der Waals surface area contributed by atoms with E-state index in [4.69, 9.17) is 9.47 Å². The number of rotatable bonds is 5. The monoisotopic (exact) mass is 337 g/mol. The second kappa shape index (κ2) is 8.36. The molecule has 0 unspecified atom stereocenters. The molecule has 2 rings (SSSR count). The van der Waals surface area contributed by atoms with Crippen LogP contribution in [0.15, 0.2) is 30.3 Å². The van der Waals surface area contributed by atoms with Crippen LogP contribution >= 0.6 is 0 Å². The molecule has 24 heavy (non-hydrogen) atoms. The molecule has 0 aromatic heterocycles. The molecule has 1 aromatic rings. The summed E-state index contributed by atoms with van der Waals surface area (Å²) in [5.41, 5.74) is 2.02. The highest BCUT2D eigenvalue weighted by molar-refractivity contribution is 5.91. The van der Waals surface area contributed by atoms with Crippen molar-refractivity contribution in [1.29, 1.82) is 0 Å². The summed E-state index contributed by atoms with van der Waals surface area (Å²) in [6.45, 7) is 1.95. The summed E-state index contributed by atoms with van der Waals surface area (Å²) in [6.07, 6.45) is -2.99. The van der Waals surface area contributed by atoms with E-state index in [0.717, 1.165) is 11.1 Å². The van der Waals surface area contributed by atoms with Gasteiger partial charge in [0.25, 0.3) is 0 Å². The number of nitrogens with one attached hydrogen (secondary N) is 1. The molecule has 1 amide bonds. The first-order valence-electron chi connectivity index (χ1n) is 7.67. The van der Waals surface area contributed by atoms with Gasteiger partial charge in [-0.3, -0.25) is 4.79 Å². The van der Waals surface area contributed by atoms with Crippen LogP contribution in [-0.2, 0) is 14.3 Å². The van der Waals surface area contributed by atoms with E-state index in [2.05, 4.69) is 5.32 Å². The van der Waals surface area contributed by atoms with Gasteiger partial charge in [0.15, 0.2) is 6.29 Å². The number of aliphatic hydroxyl groups excluding tert-OH is 3. The Morgan fingerprint density at radius 1 is 1.21 bits per heavy atom. The van der Waals surface area contributed by atoms with Gasteiger partial charge in [0.2, 0.25) is 5.91 Å². The van der Waals surface area contributed by atoms with Crippen molar-refractivity contribution in [2.24, 2.45) is 0 Å². The number of benzene rings is 1. The summed E-state index contributed by atoms with van der Waals surface area (Å²) in [5.74, 6) is -0.360. The first-order valence-corrected chi connectivity index (χ1v) is 7.67. The zero-order valence-electron chi connectivity index (χ0n) is 13.6. The molecule has 1 aromatic carbocycles. The number of methoxy groups -OCH3 is 1. The Hall–Kier alpha value is -1.77. The topological polar surface area (TPSA) is 108 Å². The van der Waals surface area contributed by atoms with Crippen molar-refractivity contribution in [2.75, 3.05) is 13.7 Å². The van der Waals surface area contributed by atoms with Crippen molar-refractivity contribution in [3.63, 3.8) is 0 Å². The first-order chi connectivity index (χ1) is 11.4. The molecule has 1 fully saturated rings. The lowest BCUT2D eigenvalue weighted by atomic mass is 9.99. The van der Waals surface area contributed by atoms with Crippen molar-refractivity contribution in [2.45, 2.75) is 37.6 Å². The lowest BCUT2D eigenvalue weighted by Crippen LogP contribution is -2.60. The minimum atomic E-state index is -1.41. The zero-order chi connectivity index (χ0) is 17.7. The van der Waals surface area contributed by atoms with Crippen LogP contribution in [0.25, 0.3) is 6.08 Å². The van der Waals surface area contributed by atoms with Crippen molar-refractivity contribution < 1.29 is 29.6 Å². The Morgan fingerprint density at radius 3 is 2.50 bits per heavy atom. The summed E-state index contributed by atoms with van der Waals surface area (Å²) in [7, 11) is 1.32. The van der Waals surface area contributed by atoms with Crippen LogP contribution in [0.1, 0.15) is 11.1 Å². The van der Waals surface area contributed by atoms with Crippen LogP contribution < -0.4 is 5.32 Å². The summed E-state index contributed by atoms with van der Waals surface area (Å²) in [5, 5.41) is 31.9. The van der Waals surface area contributed by atoms with Gasteiger partial charge in [0.05, 0.1) is 0 Å². The predicted octanol–water partition coefficient (Wildman–Crippen LogP) is -0.422. The van der Waals surface area contributed by atoms with Gasteiger partial charge in [0.1, 0.15) is 24.4 Å². The van der Waals surface area contributed by atoms with Crippen molar-refractivity contribution in [1.82, 2.24) is 5.32 Å². The molecular formula is C17H23NO6. The Labute approximate surface area is 140 Å². The molecule has 132 valence electrons. The van der Waals surface area contributed by atoms with E-state index in [1.807, 2.05) is 31.2 Å². The lowest BCUT2D eigenvalue weighted by molar-refractivity contribution is -0.288. The normalized spacial score (nSPS) is 30.5. The fraction of sp³-hybridized carbons (Fsp3) is 0.471. The number of hydrogen-bond donors (Lipinski definition) is 4. The number of hydrogen-bond acceptors (Lipinski definition) is 6. The number of carbonyl (C=O) groups is 1. The highest BCUT2D eigenvalue weighted by Gasteiger charge is 2.43. The second-order valence-corrected chi connectivity index (χ2v) is 5.74. The minimum absolute atomic E-state index is 0.0259. The molecule has 1 aliphatic rings. The standard InChI is InChI=1S/C17H23NO6/c1-10-3-5-11(6-4-10)7-8-13(19)18-9-12-14(20)15(21)16(22)17(23-2)24-12/h3-8,12,14-17,20-22H,9H2,1-2H3,(H,18,19)/b8-7+/t12-,14-,15+,16+,17+/m1/s1. The average molecular weight is 337 g/mol. The zero-order valence-corrected chi connectivity index (χ0v) is 13.6. The second-order valence-electron chi connectivity index (χ2n) is 5.74. The molecule has 1 saturated heterocycles. The number of ether oxygens (including phenoxy) is 2. The van der Waals surface area contributed by atoms with E-state index < -0.39 is 30.7 Å². The lowest BCUT2D eigenvalue weighted by Gasteiger charge is -2.39. The van der Waals surface area contributed by atoms with E-state index in [1.54, 1.807) is 6.08 Å². The van der Waals surface area contributed by atoms with Crippen LogP contribution in [0.4, 0.5) is 0 Å².